The third-order valence-electron chi connectivity index (χ3n) is 4.25. The highest BCUT2D eigenvalue weighted by molar-refractivity contribution is 5.76. The van der Waals surface area contributed by atoms with E-state index in [1.54, 1.807) is 7.11 Å². The highest BCUT2D eigenvalue weighted by atomic mass is 16.5. The van der Waals surface area contributed by atoms with Crippen molar-refractivity contribution in [2.45, 2.75) is 39.7 Å². The maximum Gasteiger partial charge on any atom is 0.222 e. The fourth-order valence-corrected chi connectivity index (χ4v) is 2.85. The zero-order valence-corrected chi connectivity index (χ0v) is 15.6. The number of amides is 1. The minimum atomic E-state index is 0.0260. The van der Waals surface area contributed by atoms with Gasteiger partial charge in [-0.05, 0) is 30.0 Å². The van der Waals surface area contributed by atoms with Crippen LogP contribution in [0.15, 0.2) is 42.5 Å². The van der Waals surface area contributed by atoms with E-state index in [9.17, 15) is 4.79 Å². The molecule has 0 bridgehead atoms. The number of para-hydroxylation sites is 2. The summed E-state index contributed by atoms with van der Waals surface area (Å²) in [6.07, 6.45) is 0.432. The first-order valence-electron chi connectivity index (χ1n) is 8.75. The van der Waals surface area contributed by atoms with Gasteiger partial charge in [-0.3, -0.25) is 4.79 Å². The molecule has 1 amide bonds. The van der Waals surface area contributed by atoms with Gasteiger partial charge < -0.3 is 15.4 Å². The van der Waals surface area contributed by atoms with Crippen molar-refractivity contribution in [2.24, 2.45) is 0 Å². The maximum atomic E-state index is 12.1. The lowest BCUT2D eigenvalue weighted by molar-refractivity contribution is -0.121. The summed E-state index contributed by atoms with van der Waals surface area (Å²) in [7, 11) is 1.64. The predicted molar refractivity (Wildman–Crippen MR) is 103 cm³/mol. The van der Waals surface area contributed by atoms with Crippen LogP contribution in [-0.4, -0.2) is 19.6 Å². The number of rotatable bonds is 8. The molecule has 2 aromatic rings. The monoisotopic (exact) mass is 340 g/mol. The number of methoxy groups -OCH3 is 1. The Hall–Kier alpha value is -2.49. The van der Waals surface area contributed by atoms with Crippen molar-refractivity contribution < 1.29 is 9.53 Å². The van der Waals surface area contributed by atoms with Crippen LogP contribution >= 0.6 is 0 Å². The van der Waals surface area contributed by atoms with E-state index in [0.29, 0.717) is 25.4 Å². The normalized spacial score (nSPS) is 10.6. The number of hydrogen-bond donors (Lipinski definition) is 2. The van der Waals surface area contributed by atoms with Crippen LogP contribution in [0, 0.1) is 6.92 Å². The van der Waals surface area contributed by atoms with Crippen molar-refractivity contribution in [3.63, 3.8) is 0 Å². The second-order valence-electron chi connectivity index (χ2n) is 6.46. The van der Waals surface area contributed by atoms with E-state index in [2.05, 4.69) is 49.6 Å². The second-order valence-corrected chi connectivity index (χ2v) is 6.46. The quantitative estimate of drug-likeness (QED) is 0.755. The summed E-state index contributed by atoms with van der Waals surface area (Å²) >= 11 is 0. The van der Waals surface area contributed by atoms with Crippen molar-refractivity contribution in [3.8, 4) is 5.75 Å². The lowest BCUT2D eigenvalue weighted by Gasteiger charge is -2.17. The van der Waals surface area contributed by atoms with Gasteiger partial charge in [0.25, 0.3) is 0 Å². The van der Waals surface area contributed by atoms with E-state index in [-0.39, 0.29) is 5.91 Å². The van der Waals surface area contributed by atoms with E-state index < -0.39 is 0 Å². The molecule has 0 fully saturated rings. The fraction of sp³-hybridized carbons (Fsp3) is 0.381. The van der Waals surface area contributed by atoms with Crippen LogP contribution in [-0.2, 0) is 11.3 Å². The number of aryl methyl sites for hydroxylation is 1. The molecule has 4 heteroatoms. The molecule has 0 atom stereocenters. The molecule has 2 rings (SSSR count). The average Bonchev–Trinajstić information content (AvgIpc) is 2.61. The Morgan fingerprint density at radius 2 is 1.88 bits per heavy atom. The number of hydrogen-bond acceptors (Lipinski definition) is 3. The molecular weight excluding hydrogens is 312 g/mol. The van der Waals surface area contributed by atoms with Crippen LogP contribution in [0.4, 0.5) is 5.69 Å². The Bertz CT molecular complexity index is 711. The lowest BCUT2D eigenvalue weighted by atomic mass is 9.98. The minimum Gasteiger partial charge on any atom is -0.496 e. The number of carbonyl (C=O) groups excluding carboxylic acids is 1. The van der Waals surface area contributed by atoms with Gasteiger partial charge in [0.1, 0.15) is 5.75 Å². The summed E-state index contributed by atoms with van der Waals surface area (Å²) in [4.78, 5) is 12.1. The number of nitrogens with one attached hydrogen (secondary N) is 2. The Morgan fingerprint density at radius 3 is 2.60 bits per heavy atom. The smallest absolute Gasteiger partial charge is 0.222 e. The molecule has 4 nitrogen and oxygen atoms in total. The van der Waals surface area contributed by atoms with Crippen LogP contribution in [0.2, 0.25) is 0 Å². The number of benzene rings is 2. The Morgan fingerprint density at radius 1 is 1.12 bits per heavy atom. The molecule has 0 saturated carbocycles. The maximum absolute atomic E-state index is 12.1. The largest absolute Gasteiger partial charge is 0.496 e. The van der Waals surface area contributed by atoms with Crippen LogP contribution in [0.3, 0.4) is 0 Å². The first kappa shape index (κ1) is 18.8. The Balaban J connectivity index is 1.85. The minimum absolute atomic E-state index is 0.0260. The summed E-state index contributed by atoms with van der Waals surface area (Å²) < 4.78 is 5.30. The summed E-state index contributed by atoms with van der Waals surface area (Å²) in [6, 6.07) is 14.0. The summed E-state index contributed by atoms with van der Waals surface area (Å²) in [5, 5.41) is 6.38. The fourth-order valence-electron chi connectivity index (χ4n) is 2.85. The molecular formula is C21H28N2O2. The van der Waals surface area contributed by atoms with Crippen LogP contribution in [0.1, 0.15) is 42.9 Å². The number of ether oxygens (including phenoxy) is 1. The number of anilines is 1. The van der Waals surface area contributed by atoms with Gasteiger partial charge in [0, 0.05) is 30.8 Å². The molecule has 2 N–H and O–H groups in total. The summed E-state index contributed by atoms with van der Waals surface area (Å²) in [5.41, 5.74) is 4.62. The zero-order valence-electron chi connectivity index (χ0n) is 15.6. The second kappa shape index (κ2) is 9.11. The Labute approximate surface area is 150 Å². The van der Waals surface area contributed by atoms with Crippen molar-refractivity contribution >= 4 is 11.6 Å². The molecule has 0 aliphatic heterocycles. The highest BCUT2D eigenvalue weighted by Crippen LogP contribution is 2.27. The molecule has 134 valence electrons. The van der Waals surface area contributed by atoms with E-state index in [0.717, 1.165) is 17.0 Å². The van der Waals surface area contributed by atoms with Gasteiger partial charge in [0.15, 0.2) is 0 Å². The molecule has 0 aliphatic rings. The molecule has 0 spiro atoms. The summed E-state index contributed by atoms with van der Waals surface area (Å²) in [6.45, 7) is 7.54. The van der Waals surface area contributed by atoms with Gasteiger partial charge in [-0.2, -0.15) is 0 Å². The van der Waals surface area contributed by atoms with E-state index in [1.807, 2.05) is 24.3 Å². The third kappa shape index (κ3) is 5.24. The molecule has 2 aromatic carbocycles. The van der Waals surface area contributed by atoms with Gasteiger partial charge >= 0.3 is 0 Å². The molecule has 0 heterocycles. The molecule has 0 aliphatic carbocycles. The van der Waals surface area contributed by atoms with Crippen LogP contribution in [0.5, 0.6) is 5.75 Å². The van der Waals surface area contributed by atoms with E-state index in [1.165, 1.54) is 11.1 Å². The van der Waals surface area contributed by atoms with Crippen molar-refractivity contribution in [1.82, 2.24) is 5.32 Å². The molecule has 0 radical (unpaired) electrons. The van der Waals surface area contributed by atoms with Gasteiger partial charge in [-0.1, -0.05) is 50.2 Å². The van der Waals surface area contributed by atoms with Crippen molar-refractivity contribution in [1.29, 1.82) is 0 Å². The predicted octanol–water partition coefficient (Wildman–Crippen LogP) is 4.25. The molecule has 0 unspecified atom stereocenters. The molecule has 0 aromatic heterocycles. The number of carbonyl (C=O) groups is 1. The third-order valence-corrected chi connectivity index (χ3v) is 4.25. The lowest BCUT2D eigenvalue weighted by Crippen LogP contribution is -2.25. The van der Waals surface area contributed by atoms with Gasteiger partial charge in [-0.25, -0.2) is 0 Å². The zero-order chi connectivity index (χ0) is 18.2. The molecule has 25 heavy (non-hydrogen) atoms. The average molecular weight is 340 g/mol. The highest BCUT2D eigenvalue weighted by Gasteiger charge is 2.10. The van der Waals surface area contributed by atoms with E-state index >= 15 is 0 Å². The van der Waals surface area contributed by atoms with Gasteiger partial charge in [-0.15, -0.1) is 0 Å². The molecule has 0 saturated heterocycles. The first-order valence-corrected chi connectivity index (χ1v) is 8.75. The topological polar surface area (TPSA) is 50.4 Å². The van der Waals surface area contributed by atoms with Crippen molar-refractivity contribution in [2.75, 3.05) is 19.0 Å². The van der Waals surface area contributed by atoms with Gasteiger partial charge in [0.2, 0.25) is 5.91 Å². The summed E-state index contributed by atoms with van der Waals surface area (Å²) in [5.74, 6) is 1.27. The van der Waals surface area contributed by atoms with Gasteiger partial charge in [0.05, 0.1) is 7.11 Å². The van der Waals surface area contributed by atoms with E-state index in [4.69, 9.17) is 4.74 Å². The van der Waals surface area contributed by atoms with Crippen LogP contribution < -0.4 is 15.4 Å². The first-order chi connectivity index (χ1) is 12.0. The Kier molecular flexibility index (Phi) is 6.87. The standard InChI is InChI=1S/C21H28N2O2/c1-15(2)18-10-7-8-16(3)21(18)22-13-12-20(24)23-14-17-9-5-6-11-19(17)25-4/h5-11,15,22H,12-14H2,1-4H3,(H,23,24). The SMILES string of the molecule is COc1ccccc1CNC(=O)CCNc1c(C)cccc1C(C)C. The van der Waals surface area contributed by atoms with Crippen LogP contribution in [0.25, 0.3) is 0 Å². The van der Waals surface area contributed by atoms with Crippen molar-refractivity contribution in [3.05, 3.63) is 59.2 Å².